The molecule has 0 atom stereocenters. The van der Waals surface area contributed by atoms with Gasteiger partial charge < -0.3 is 19.8 Å². The number of carbonyl (C=O) groups is 1. The third kappa shape index (κ3) is 4.03. The van der Waals surface area contributed by atoms with E-state index < -0.39 is 0 Å². The van der Waals surface area contributed by atoms with Crippen molar-refractivity contribution >= 4 is 5.91 Å². The summed E-state index contributed by atoms with van der Waals surface area (Å²) < 4.78 is 13.8. The Morgan fingerprint density at radius 1 is 1.07 bits per heavy atom. The Morgan fingerprint density at radius 3 is 2.46 bits per heavy atom. The van der Waals surface area contributed by atoms with Gasteiger partial charge >= 0.3 is 0 Å². The van der Waals surface area contributed by atoms with Crippen molar-refractivity contribution in [1.29, 1.82) is 0 Å². The monoisotopic (exact) mass is 384 g/mol. The van der Waals surface area contributed by atoms with E-state index in [1.54, 1.807) is 0 Å². The zero-order valence-electron chi connectivity index (χ0n) is 17.3. The maximum Gasteiger partial charge on any atom is 0.251 e. The highest BCUT2D eigenvalue weighted by Gasteiger charge is 2.25. The van der Waals surface area contributed by atoms with Crippen molar-refractivity contribution in [1.82, 2.24) is 4.57 Å². The van der Waals surface area contributed by atoms with E-state index in [1.165, 1.54) is 12.1 Å². The summed E-state index contributed by atoms with van der Waals surface area (Å²) >= 11 is 0. The third-order valence-electron chi connectivity index (χ3n) is 5.46. The minimum atomic E-state index is -0.366. The lowest BCUT2D eigenvalue weighted by Gasteiger charge is -2.19. The van der Waals surface area contributed by atoms with Gasteiger partial charge in [-0.15, -0.1) is 0 Å². The predicted molar refractivity (Wildman–Crippen MR) is 112 cm³/mol. The Hall–Kier alpha value is -2.43. The SMILES string of the molecule is CCCCCc1c(-c2ccc3c(c2)OCCO3)c(C(N)=O)c(C)n1CCCC. The smallest absolute Gasteiger partial charge is 0.251 e. The van der Waals surface area contributed by atoms with E-state index in [0.29, 0.717) is 18.8 Å². The van der Waals surface area contributed by atoms with Crippen LogP contribution < -0.4 is 15.2 Å². The van der Waals surface area contributed by atoms with Crippen molar-refractivity contribution in [3.05, 3.63) is 35.2 Å². The number of carbonyl (C=O) groups excluding carboxylic acids is 1. The molecule has 2 aromatic rings. The van der Waals surface area contributed by atoms with Crippen LogP contribution in [0.15, 0.2) is 18.2 Å². The fourth-order valence-electron chi connectivity index (χ4n) is 4.03. The van der Waals surface area contributed by atoms with E-state index in [2.05, 4.69) is 18.4 Å². The molecule has 0 saturated heterocycles. The molecule has 1 aliphatic rings. The first-order chi connectivity index (χ1) is 13.6. The van der Waals surface area contributed by atoms with Crippen LogP contribution in [0.2, 0.25) is 0 Å². The van der Waals surface area contributed by atoms with E-state index in [9.17, 15) is 4.79 Å². The van der Waals surface area contributed by atoms with Crippen molar-refractivity contribution < 1.29 is 14.3 Å². The standard InChI is InChI=1S/C23H32N2O3/c1-4-6-8-9-18-22(17-10-11-19-20(15-17)28-14-13-27-19)21(23(24)26)16(3)25(18)12-7-5-2/h10-11,15H,4-9,12-14H2,1-3H3,(H2,24,26). The first kappa shape index (κ1) is 20.3. The fraction of sp³-hybridized carbons (Fsp3) is 0.522. The van der Waals surface area contributed by atoms with Gasteiger partial charge in [0.25, 0.3) is 5.91 Å². The average molecular weight is 385 g/mol. The van der Waals surface area contributed by atoms with Gasteiger partial charge in [-0.3, -0.25) is 4.79 Å². The minimum absolute atomic E-state index is 0.366. The quantitative estimate of drug-likeness (QED) is 0.628. The Bertz CT molecular complexity index is 839. The van der Waals surface area contributed by atoms with E-state index in [4.69, 9.17) is 15.2 Å². The summed E-state index contributed by atoms with van der Waals surface area (Å²) in [4.78, 5) is 12.4. The van der Waals surface area contributed by atoms with Gasteiger partial charge in [-0.05, 0) is 43.9 Å². The summed E-state index contributed by atoms with van der Waals surface area (Å²) in [6.45, 7) is 8.42. The summed E-state index contributed by atoms with van der Waals surface area (Å²) in [7, 11) is 0. The largest absolute Gasteiger partial charge is 0.486 e. The number of hydrogen-bond acceptors (Lipinski definition) is 3. The second kappa shape index (κ2) is 9.18. The molecule has 1 aliphatic heterocycles. The molecule has 5 heteroatoms. The topological polar surface area (TPSA) is 66.5 Å². The molecule has 2 N–H and O–H groups in total. The summed E-state index contributed by atoms with van der Waals surface area (Å²) in [5.74, 6) is 1.12. The van der Waals surface area contributed by atoms with Gasteiger partial charge in [0.05, 0.1) is 5.56 Å². The van der Waals surface area contributed by atoms with Crippen LogP contribution in [0.3, 0.4) is 0 Å². The Balaban J connectivity index is 2.14. The van der Waals surface area contributed by atoms with Crippen LogP contribution in [0.25, 0.3) is 11.1 Å². The van der Waals surface area contributed by atoms with Gasteiger partial charge in [0.15, 0.2) is 11.5 Å². The molecule has 3 rings (SSSR count). The number of benzene rings is 1. The third-order valence-corrected chi connectivity index (χ3v) is 5.46. The van der Waals surface area contributed by atoms with E-state index in [-0.39, 0.29) is 5.91 Å². The van der Waals surface area contributed by atoms with Crippen LogP contribution in [0.4, 0.5) is 0 Å². The summed E-state index contributed by atoms with van der Waals surface area (Å²) in [6.07, 6.45) is 6.56. The number of fused-ring (bicyclic) bond motifs is 1. The molecule has 0 fully saturated rings. The number of ether oxygens (including phenoxy) is 2. The number of hydrogen-bond donors (Lipinski definition) is 1. The fourth-order valence-corrected chi connectivity index (χ4v) is 4.03. The van der Waals surface area contributed by atoms with Crippen molar-refractivity contribution in [2.45, 2.75) is 65.8 Å². The number of aromatic nitrogens is 1. The Morgan fingerprint density at radius 2 is 1.79 bits per heavy atom. The molecule has 0 bridgehead atoms. The highest BCUT2D eigenvalue weighted by atomic mass is 16.6. The van der Waals surface area contributed by atoms with Gasteiger partial charge in [-0.2, -0.15) is 0 Å². The summed E-state index contributed by atoms with van der Waals surface area (Å²) in [5.41, 5.74) is 10.6. The molecule has 0 radical (unpaired) electrons. The minimum Gasteiger partial charge on any atom is -0.486 e. The second-order valence-corrected chi connectivity index (χ2v) is 7.47. The number of unbranched alkanes of at least 4 members (excludes halogenated alkanes) is 3. The van der Waals surface area contributed by atoms with Gasteiger partial charge in [0.2, 0.25) is 0 Å². The van der Waals surface area contributed by atoms with Crippen LogP contribution in [-0.4, -0.2) is 23.7 Å². The lowest BCUT2D eigenvalue weighted by atomic mass is 9.97. The maximum atomic E-state index is 12.4. The zero-order valence-corrected chi connectivity index (χ0v) is 17.3. The van der Waals surface area contributed by atoms with Gasteiger partial charge in [-0.25, -0.2) is 0 Å². The molecule has 28 heavy (non-hydrogen) atoms. The molecule has 1 aromatic carbocycles. The first-order valence-electron chi connectivity index (χ1n) is 10.5. The molecule has 1 aromatic heterocycles. The highest BCUT2D eigenvalue weighted by molar-refractivity contribution is 6.02. The molecule has 0 unspecified atom stereocenters. The molecule has 0 spiro atoms. The van der Waals surface area contributed by atoms with Crippen molar-refractivity contribution in [3.8, 4) is 22.6 Å². The van der Waals surface area contributed by atoms with Crippen molar-refractivity contribution in [3.63, 3.8) is 0 Å². The van der Waals surface area contributed by atoms with E-state index >= 15 is 0 Å². The summed E-state index contributed by atoms with van der Waals surface area (Å²) in [5, 5.41) is 0. The second-order valence-electron chi connectivity index (χ2n) is 7.47. The number of primary amides is 1. The first-order valence-corrected chi connectivity index (χ1v) is 10.5. The molecule has 0 aliphatic carbocycles. The van der Waals surface area contributed by atoms with Gasteiger partial charge in [0, 0.05) is 23.5 Å². The number of nitrogens with zero attached hydrogens (tertiary/aromatic N) is 1. The molecule has 0 saturated carbocycles. The van der Waals surface area contributed by atoms with Crippen LogP contribution in [0.5, 0.6) is 11.5 Å². The molecule has 5 nitrogen and oxygen atoms in total. The molecule has 152 valence electrons. The summed E-state index contributed by atoms with van der Waals surface area (Å²) in [6, 6.07) is 5.94. The number of rotatable bonds is 9. The lowest BCUT2D eigenvalue weighted by Crippen LogP contribution is -2.15. The number of amides is 1. The zero-order chi connectivity index (χ0) is 20.1. The van der Waals surface area contributed by atoms with Gasteiger partial charge in [0.1, 0.15) is 13.2 Å². The van der Waals surface area contributed by atoms with Gasteiger partial charge in [-0.1, -0.05) is 39.2 Å². The van der Waals surface area contributed by atoms with Crippen LogP contribution in [0.1, 0.15) is 67.7 Å². The highest BCUT2D eigenvalue weighted by Crippen LogP contribution is 2.39. The normalized spacial score (nSPS) is 13.0. The van der Waals surface area contributed by atoms with Crippen LogP contribution >= 0.6 is 0 Å². The molecule has 2 heterocycles. The predicted octanol–water partition coefficient (Wildman–Crippen LogP) is 4.87. The Labute approximate surface area is 167 Å². The van der Waals surface area contributed by atoms with Crippen molar-refractivity contribution in [2.24, 2.45) is 5.73 Å². The van der Waals surface area contributed by atoms with Crippen molar-refractivity contribution in [2.75, 3.05) is 13.2 Å². The molecular weight excluding hydrogens is 352 g/mol. The lowest BCUT2D eigenvalue weighted by molar-refractivity contribution is 0.1000. The Kier molecular flexibility index (Phi) is 6.65. The maximum absolute atomic E-state index is 12.4. The van der Waals surface area contributed by atoms with E-state index in [1.807, 2.05) is 25.1 Å². The van der Waals surface area contributed by atoms with Crippen LogP contribution in [0, 0.1) is 6.92 Å². The van der Waals surface area contributed by atoms with E-state index in [0.717, 1.165) is 67.0 Å². The number of nitrogens with two attached hydrogens (primary N) is 1. The average Bonchev–Trinajstić information content (AvgIpc) is 2.98. The van der Waals surface area contributed by atoms with Crippen LogP contribution in [-0.2, 0) is 13.0 Å². The molecule has 1 amide bonds. The molecular formula is C23H32N2O3.